The zero-order chi connectivity index (χ0) is 27.3. The number of benzene rings is 1. The third-order valence-electron chi connectivity index (χ3n) is 5.88. The Morgan fingerprint density at radius 3 is 1.15 bits per heavy atom. The summed E-state index contributed by atoms with van der Waals surface area (Å²) in [5.74, 6) is 0. The Morgan fingerprint density at radius 1 is 0.559 bits per heavy atom. The molecule has 0 aliphatic rings. The lowest BCUT2D eigenvalue weighted by molar-refractivity contribution is 0.392. The van der Waals surface area contributed by atoms with Crippen molar-refractivity contribution in [3.63, 3.8) is 0 Å². The second-order valence-corrected chi connectivity index (χ2v) is 33.4. The molecule has 196 valence electrons. The molecule has 1 aromatic carbocycles. The molecule has 0 unspecified atom stereocenters. The van der Waals surface area contributed by atoms with Crippen LogP contribution in [-0.4, -0.2) is 33.5 Å². The summed E-state index contributed by atoms with van der Waals surface area (Å²) in [5, 5.41) is 1.56. The molecule has 0 saturated carbocycles. The fraction of sp³-hybridized carbons (Fsp3) is 0.778. The molecule has 0 aliphatic heterocycles. The zero-order valence-corrected chi connectivity index (χ0v) is 30.7. The second-order valence-electron chi connectivity index (χ2n) is 16.0. The van der Waals surface area contributed by atoms with Crippen LogP contribution < -0.4 is 5.30 Å². The summed E-state index contributed by atoms with van der Waals surface area (Å²) in [5.41, 5.74) is 4.89. The highest BCUT2D eigenvalue weighted by Gasteiger charge is 2.43. The van der Waals surface area contributed by atoms with Gasteiger partial charge in [-0.25, -0.2) is 4.44 Å². The predicted octanol–water partition coefficient (Wildman–Crippen LogP) is 9.95. The third-order valence-corrected chi connectivity index (χ3v) is 20.1. The van der Waals surface area contributed by atoms with Gasteiger partial charge in [-0.1, -0.05) is 133 Å². The fourth-order valence-electron chi connectivity index (χ4n) is 4.45. The molecule has 2 nitrogen and oxygen atoms in total. The van der Waals surface area contributed by atoms with E-state index in [9.17, 15) is 0 Å². The molecule has 0 aliphatic carbocycles. The monoisotopic (exact) mass is 554 g/mol. The van der Waals surface area contributed by atoms with Crippen molar-refractivity contribution in [3.8, 4) is 0 Å². The minimum atomic E-state index is -1.58. The SMILES string of the molecule is CC(C)(C)c1cc(C(C)(C)C)c(P=PN(N([Si](C)(C)C)[Si](C)(C)C)[Si](C)(C)C)c(C(C)(C)C)c1. The lowest BCUT2D eigenvalue weighted by Gasteiger charge is -2.52. The van der Waals surface area contributed by atoms with Gasteiger partial charge in [0.2, 0.25) is 0 Å². The maximum absolute atomic E-state index is 2.94. The van der Waals surface area contributed by atoms with Crippen LogP contribution in [0.2, 0.25) is 58.9 Å². The maximum Gasteiger partial charge on any atom is 0.147 e. The van der Waals surface area contributed by atoms with E-state index in [1.54, 1.807) is 5.30 Å². The van der Waals surface area contributed by atoms with Gasteiger partial charge in [-0.15, -0.1) is 0 Å². The van der Waals surface area contributed by atoms with Gasteiger partial charge in [0.05, 0.1) is 0 Å². The minimum absolute atomic E-state index is 0.111. The molecule has 0 atom stereocenters. The molecule has 1 rings (SSSR count). The quantitative estimate of drug-likeness (QED) is 0.196. The van der Waals surface area contributed by atoms with E-state index in [0.29, 0.717) is 0 Å². The Labute approximate surface area is 220 Å². The molecular weight excluding hydrogens is 499 g/mol. The van der Waals surface area contributed by atoms with Crippen LogP contribution in [0.1, 0.15) is 79.0 Å². The number of nitrogens with zero attached hydrogens (tertiary/aromatic N) is 2. The highest BCUT2D eigenvalue weighted by Crippen LogP contribution is 2.40. The standard InChI is InChI=1S/C27H56N2P2Si3/c1-25(2,3)21-19-22(26(4,5)6)24(23(20-21)27(7,8)9)30-31-28(32(10,11)12)29(33(13,14)15)34(16,17)18/h19-20H,1-18H3. The van der Waals surface area contributed by atoms with Crippen LogP contribution in [0.5, 0.6) is 0 Å². The maximum atomic E-state index is 2.94. The first-order valence-electron chi connectivity index (χ1n) is 12.9. The van der Waals surface area contributed by atoms with Gasteiger partial charge in [0, 0.05) is 13.3 Å². The molecule has 0 saturated heterocycles. The molecule has 7 heteroatoms. The summed E-state index contributed by atoms with van der Waals surface area (Å²) in [6, 6.07) is 5.06. The third kappa shape index (κ3) is 8.47. The van der Waals surface area contributed by atoms with Gasteiger partial charge in [-0.2, -0.15) is 0 Å². The molecule has 0 spiro atoms. The summed E-state index contributed by atoms with van der Waals surface area (Å²) < 4.78 is 5.81. The molecule has 34 heavy (non-hydrogen) atoms. The lowest BCUT2D eigenvalue weighted by atomic mass is 9.75. The van der Waals surface area contributed by atoms with Crippen LogP contribution in [0.15, 0.2) is 12.1 Å². The van der Waals surface area contributed by atoms with Crippen molar-refractivity contribution in [2.45, 2.75) is 137 Å². The van der Waals surface area contributed by atoms with Gasteiger partial charge >= 0.3 is 0 Å². The Balaban J connectivity index is 4.01. The Kier molecular flexibility index (Phi) is 9.80. The van der Waals surface area contributed by atoms with Gasteiger partial charge in [-0.3, -0.25) is 4.34 Å². The van der Waals surface area contributed by atoms with E-state index in [0.717, 1.165) is 0 Å². The van der Waals surface area contributed by atoms with E-state index in [1.807, 2.05) is 0 Å². The molecule has 0 aromatic heterocycles. The first-order valence-corrected chi connectivity index (χ1v) is 25.7. The van der Waals surface area contributed by atoms with Crippen molar-refractivity contribution in [2.24, 2.45) is 0 Å². The smallest absolute Gasteiger partial charge is 0.147 e. The predicted molar refractivity (Wildman–Crippen MR) is 170 cm³/mol. The average molecular weight is 555 g/mol. The van der Waals surface area contributed by atoms with Crippen molar-refractivity contribution in [1.82, 2.24) is 8.79 Å². The van der Waals surface area contributed by atoms with Gasteiger partial charge in [0.1, 0.15) is 24.7 Å². The summed E-state index contributed by atoms with van der Waals surface area (Å²) >= 11 is 0. The summed E-state index contributed by atoms with van der Waals surface area (Å²) in [7, 11) is -1.78. The highest BCUT2D eigenvalue weighted by molar-refractivity contribution is 7.87. The molecule has 0 fully saturated rings. The summed E-state index contributed by atoms with van der Waals surface area (Å²) in [6.45, 7) is 44.2. The van der Waals surface area contributed by atoms with Gasteiger partial charge in [0.25, 0.3) is 0 Å². The molecular formula is C27H56N2P2Si3. The normalized spacial score (nSPS) is 15.2. The number of hydrogen-bond acceptors (Lipinski definition) is 1. The van der Waals surface area contributed by atoms with E-state index < -0.39 is 24.7 Å². The van der Waals surface area contributed by atoms with Crippen LogP contribution in [0.4, 0.5) is 0 Å². The van der Waals surface area contributed by atoms with Crippen LogP contribution in [0.3, 0.4) is 0 Å². The molecule has 0 heterocycles. The second kappa shape index (κ2) is 10.3. The Hall–Kier alpha value is 0.391. The van der Waals surface area contributed by atoms with E-state index in [1.165, 1.54) is 32.6 Å². The fourth-order valence-corrected chi connectivity index (χ4v) is 26.7. The van der Waals surface area contributed by atoms with E-state index in [2.05, 4.69) is 142 Å². The first kappa shape index (κ1) is 32.4. The zero-order valence-electron chi connectivity index (χ0n) is 25.9. The summed E-state index contributed by atoms with van der Waals surface area (Å²) in [4.78, 5) is 0. The molecule has 1 aromatic rings. The Morgan fingerprint density at radius 2 is 0.912 bits per heavy atom. The number of rotatable bonds is 6. The van der Waals surface area contributed by atoms with Crippen molar-refractivity contribution < 1.29 is 0 Å². The molecule has 0 bridgehead atoms. The van der Waals surface area contributed by atoms with Gasteiger partial charge < -0.3 is 0 Å². The molecule has 0 N–H and O–H groups in total. The highest BCUT2D eigenvalue weighted by atomic mass is 31.7. The first-order chi connectivity index (χ1) is 14.7. The van der Waals surface area contributed by atoms with Crippen LogP contribution in [0, 0.1) is 0 Å². The lowest BCUT2D eigenvalue weighted by Crippen LogP contribution is -2.68. The van der Waals surface area contributed by atoms with E-state index in [-0.39, 0.29) is 16.2 Å². The van der Waals surface area contributed by atoms with Gasteiger partial charge in [-0.05, 0) is 40.8 Å². The number of hydrogen-bond donors (Lipinski definition) is 0. The summed E-state index contributed by atoms with van der Waals surface area (Å²) in [6.07, 6.45) is 0. The van der Waals surface area contributed by atoms with Gasteiger partial charge in [0.15, 0.2) is 0 Å². The van der Waals surface area contributed by atoms with Crippen LogP contribution in [0.25, 0.3) is 0 Å². The minimum Gasteiger partial charge on any atom is -0.283 e. The largest absolute Gasteiger partial charge is 0.283 e. The Bertz CT molecular complexity index is 836. The van der Waals surface area contributed by atoms with E-state index in [4.69, 9.17) is 0 Å². The van der Waals surface area contributed by atoms with E-state index >= 15 is 0 Å². The van der Waals surface area contributed by atoms with Crippen molar-refractivity contribution in [1.29, 1.82) is 0 Å². The van der Waals surface area contributed by atoms with Crippen LogP contribution >= 0.6 is 15.9 Å². The van der Waals surface area contributed by atoms with Crippen molar-refractivity contribution in [3.05, 3.63) is 28.8 Å². The van der Waals surface area contributed by atoms with Crippen molar-refractivity contribution in [2.75, 3.05) is 0 Å². The molecule has 0 radical (unpaired) electrons. The average Bonchev–Trinajstić information content (AvgIpc) is 2.51. The number of hydrazine groups is 1. The molecule has 0 amide bonds. The topological polar surface area (TPSA) is 6.48 Å². The van der Waals surface area contributed by atoms with Crippen molar-refractivity contribution >= 4 is 45.9 Å². The van der Waals surface area contributed by atoms with Crippen LogP contribution in [-0.2, 0) is 16.2 Å².